The molecule has 8 amide bonds. The zero-order chi connectivity index (χ0) is 57.1. The van der Waals surface area contributed by atoms with Gasteiger partial charge in [0.15, 0.2) is 5.60 Å². The lowest BCUT2D eigenvalue weighted by Gasteiger charge is -2.32. The van der Waals surface area contributed by atoms with Gasteiger partial charge in [-0.25, -0.2) is 14.2 Å². The number of aliphatic hydroxyl groups is 1. The first-order valence-corrected chi connectivity index (χ1v) is 25.2. The van der Waals surface area contributed by atoms with Gasteiger partial charge < -0.3 is 61.5 Å². The Hall–Kier alpha value is -8.75. The highest BCUT2D eigenvalue weighted by molar-refractivity contribution is 6.15. The molecule has 0 spiro atoms. The lowest BCUT2D eigenvalue weighted by Crippen LogP contribution is -2.56. The van der Waals surface area contributed by atoms with Gasteiger partial charge in [0.1, 0.15) is 36.8 Å². The van der Waals surface area contributed by atoms with E-state index in [1.807, 2.05) is 0 Å². The average molecular weight is 1090 g/mol. The number of cyclic esters (lactones) is 1. The maximum absolute atomic E-state index is 15.5. The molecule has 2 aromatic carbocycles. The van der Waals surface area contributed by atoms with E-state index in [-0.39, 0.29) is 42.6 Å². The van der Waals surface area contributed by atoms with Crippen LogP contribution in [0.4, 0.5) is 4.39 Å². The lowest BCUT2D eigenvalue weighted by molar-refractivity contribution is -0.172. The van der Waals surface area contributed by atoms with E-state index < -0.39 is 139 Å². The van der Waals surface area contributed by atoms with Gasteiger partial charge in [-0.15, -0.1) is 0 Å². The number of halogens is 1. The summed E-state index contributed by atoms with van der Waals surface area (Å²) in [5.41, 5.74) is -0.0381. The van der Waals surface area contributed by atoms with Crippen LogP contribution in [0.2, 0.25) is 0 Å². The number of amides is 8. The molecular weight excluding hydrogens is 1040 g/mol. The molecule has 416 valence electrons. The third kappa shape index (κ3) is 11.8. The van der Waals surface area contributed by atoms with Crippen LogP contribution in [0.1, 0.15) is 78.6 Å². The normalized spacial score (nSPS) is 17.7. The lowest BCUT2D eigenvalue weighted by atomic mass is 9.81. The molecule has 4 atom stereocenters. The van der Waals surface area contributed by atoms with Crippen LogP contribution < -0.4 is 42.8 Å². The SMILES string of the molecule is CC[C@@]1(O)C(=O)OCc2c1cc1n(c2=O)Cc2c-1nc1cc(F)c(C)c3c1c2[C@@H](NC(=O)C(C)(C)OCNC(=O)CNC(=O)[C@H](Cc1ccccc1)NC(=O)CNC(=O)CNC(=O)[C@@H](CNCC(=O)O)N1C(=O)C=CC1=O)CC3. The predicted molar refractivity (Wildman–Crippen MR) is 273 cm³/mol. The van der Waals surface area contributed by atoms with E-state index in [4.69, 9.17) is 19.6 Å². The van der Waals surface area contributed by atoms with E-state index in [0.717, 1.165) is 12.2 Å². The predicted octanol–water partition coefficient (Wildman–Crippen LogP) is -1.46. The minimum Gasteiger partial charge on any atom is -0.480 e. The van der Waals surface area contributed by atoms with Crippen LogP contribution in [0.3, 0.4) is 0 Å². The Bertz CT molecular complexity index is 3310. The zero-order valence-electron chi connectivity index (χ0n) is 43.3. The Morgan fingerprint density at radius 1 is 0.886 bits per heavy atom. The number of esters is 1. The first kappa shape index (κ1) is 56.5. The summed E-state index contributed by atoms with van der Waals surface area (Å²) in [5.74, 6) is -9.06. The number of aliphatic carboxylic acids is 1. The number of aromatic nitrogens is 2. The van der Waals surface area contributed by atoms with Gasteiger partial charge in [-0.1, -0.05) is 37.3 Å². The smallest absolute Gasteiger partial charge is 0.343 e. The van der Waals surface area contributed by atoms with E-state index in [2.05, 4.69) is 37.2 Å². The number of fused-ring (bicyclic) bond motifs is 5. The molecule has 5 heterocycles. The van der Waals surface area contributed by atoms with Crippen LogP contribution in [-0.2, 0) is 89.0 Å². The van der Waals surface area contributed by atoms with Crippen molar-refractivity contribution < 1.29 is 72.0 Å². The van der Waals surface area contributed by atoms with Crippen molar-refractivity contribution in [2.24, 2.45) is 0 Å². The number of benzene rings is 2. The molecule has 26 heteroatoms. The van der Waals surface area contributed by atoms with Crippen LogP contribution in [0, 0.1) is 12.7 Å². The molecule has 1 aliphatic carbocycles. The van der Waals surface area contributed by atoms with Crippen molar-refractivity contribution in [3.8, 4) is 11.4 Å². The second-order valence-corrected chi connectivity index (χ2v) is 19.7. The van der Waals surface area contributed by atoms with Gasteiger partial charge in [-0.3, -0.25) is 52.8 Å². The molecule has 0 radical (unpaired) electrons. The summed E-state index contributed by atoms with van der Waals surface area (Å²) in [5, 5.41) is 38.5. The third-order valence-electron chi connectivity index (χ3n) is 14.2. The van der Waals surface area contributed by atoms with Gasteiger partial charge in [0.2, 0.25) is 29.5 Å². The van der Waals surface area contributed by atoms with Gasteiger partial charge in [0, 0.05) is 47.7 Å². The number of pyridine rings is 2. The quantitative estimate of drug-likeness (QED) is 0.0217. The number of carboxylic acids is 1. The summed E-state index contributed by atoms with van der Waals surface area (Å²) in [4.78, 5) is 147. The van der Waals surface area contributed by atoms with E-state index in [0.29, 0.717) is 62.3 Å². The molecule has 4 aromatic rings. The van der Waals surface area contributed by atoms with Crippen molar-refractivity contribution in [3.63, 3.8) is 0 Å². The van der Waals surface area contributed by atoms with Gasteiger partial charge in [0.05, 0.1) is 61.2 Å². The molecule has 4 aliphatic rings. The standard InChI is InChI=1S/C53H57FN10O15/c1-5-53(77)31-16-36-46-29(23-63(36)49(74)30(31)24-78-51(53)76)45-33(12-11-28-26(2)32(54)17-34(61-46)44(28)45)62-50(75)52(3,4)79-25-59-39(66)20-57-47(72)35(15-27-9-7-6-8-10-27)60-40(67)21-56-38(65)19-58-48(73)37(18-55-22-43(70)71)64-41(68)13-14-42(64)69/h6-10,13-14,16-17,33,35,37,55,77H,5,11-12,15,18-25H2,1-4H3,(H,56,65)(H,57,72)(H,58,73)(H,59,66)(H,60,67)(H,62,75)(H,70,71)/t33-,35-,37+,53-/m0/s1. The maximum atomic E-state index is 15.5. The molecule has 0 fully saturated rings. The number of carboxylic acid groups (broad SMARTS) is 1. The topological polar surface area (TPSA) is 352 Å². The molecule has 79 heavy (non-hydrogen) atoms. The Morgan fingerprint density at radius 2 is 1.56 bits per heavy atom. The Labute approximate surface area is 449 Å². The van der Waals surface area contributed by atoms with Crippen LogP contribution in [0.15, 0.2) is 59.4 Å². The number of nitrogens with one attached hydrogen (secondary N) is 7. The Balaban J connectivity index is 0.862. The van der Waals surface area contributed by atoms with Crippen molar-refractivity contribution in [3.05, 3.63) is 110 Å². The molecule has 0 saturated carbocycles. The number of nitrogens with zero attached hydrogens (tertiary/aromatic N) is 3. The zero-order valence-corrected chi connectivity index (χ0v) is 43.3. The summed E-state index contributed by atoms with van der Waals surface area (Å²) >= 11 is 0. The van der Waals surface area contributed by atoms with Gasteiger partial charge >= 0.3 is 11.9 Å². The summed E-state index contributed by atoms with van der Waals surface area (Å²) in [6, 6.07) is 7.94. The van der Waals surface area contributed by atoms with E-state index >= 15 is 4.39 Å². The molecule has 9 N–H and O–H groups in total. The highest BCUT2D eigenvalue weighted by atomic mass is 19.1. The maximum Gasteiger partial charge on any atom is 0.343 e. The number of ether oxygens (including phenoxy) is 2. The Morgan fingerprint density at radius 3 is 2.24 bits per heavy atom. The van der Waals surface area contributed by atoms with Gasteiger partial charge in [-0.05, 0) is 68.4 Å². The summed E-state index contributed by atoms with van der Waals surface area (Å²) in [6.07, 6.45) is 2.45. The first-order valence-electron chi connectivity index (χ1n) is 25.2. The second kappa shape index (κ2) is 23.1. The number of carbonyl (C=O) groups excluding carboxylic acids is 9. The molecule has 0 bridgehead atoms. The third-order valence-corrected chi connectivity index (χ3v) is 14.2. The molecule has 2 aromatic heterocycles. The molecule has 25 nitrogen and oxygen atoms in total. The van der Waals surface area contributed by atoms with Gasteiger partial charge in [-0.2, -0.15) is 0 Å². The van der Waals surface area contributed by atoms with E-state index in [1.165, 1.54) is 24.5 Å². The highest BCUT2D eigenvalue weighted by Gasteiger charge is 2.46. The monoisotopic (exact) mass is 1090 g/mol. The summed E-state index contributed by atoms with van der Waals surface area (Å²) < 4.78 is 28.0. The summed E-state index contributed by atoms with van der Waals surface area (Å²) in [6.45, 7) is 2.39. The molecule has 8 rings (SSSR count). The fraction of sp³-hybridized carbons (Fsp3) is 0.396. The molecular formula is C53H57FN10O15. The molecule has 3 aliphatic heterocycles. The molecule has 0 unspecified atom stereocenters. The highest BCUT2D eigenvalue weighted by Crippen LogP contribution is 2.46. The van der Waals surface area contributed by atoms with Crippen LogP contribution in [0.5, 0.6) is 0 Å². The number of hydrogen-bond donors (Lipinski definition) is 9. The Kier molecular flexibility index (Phi) is 16.5. The minimum absolute atomic E-state index is 0.0223. The van der Waals surface area contributed by atoms with Crippen molar-refractivity contribution in [1.82, 2.24) is 51.7 Å². The van der Waals surface area contributed by atoms with E-state index in [1.54, 1.807) is 50.2 Å². The number of hydrogen-bond acceptors (Lipinski definition) is 16. The second-order valence-electron chi connectivity index (χ2n) is 19.7. The fourth-order valence-corrected chi connectivity index (χ4v) is 9.91. The van der Waals surface area contributed by atoms with Crippen molar-refractivity contribution in [1.29, 1.82) is 0 Å². The van der Waals surface area contributed by atoms with Gasteiger partial charge in [0.25, 0.3) is 23.3 Å². The van der Waals surface area contributed by atoms with Crippen molar-refractivity contribution in [2.75, 3.05) is 39.5 Å². The number of aryl methyl sites for hydroxylation is 1. The first-order chi connectivity index (χ1) is 37.5. The average Bonchev–Trinajstić information content (AvgIpc) is 4.05. The number of carbonyl (C=O) groups is 10. The van der Waals surface area contributed by atoms with Crippen molar-refractivity contribution in [2.45, 2.75) is 95.9 Å². The van der Waals surface area contributed by atoms with Crippen LogP contribution in [-0.4, -0.2) is 141 Å². The number of rotatable bonds is 22. The van der Waals surface area contributed by atoms with Crippen LogP contribution in [0.25, 0.3) is 22.3 Å². The van der Waals surface area contributed by atoms with Crippen LogP contribution >= 0.6 is 0 Å². The minimum atomic E-state index is -2.08. The largest absolute Gasteiger partial charge is 0.480 e. The molecule has 0 saturated heterocycles. The van der Waals surface area contributed by atoms with Crippen molar-refractivity contribution >= 4 is 70.1 Å². The summed E-state index contributed by atoms with van der Waals surface area (Å²) in [7, 11) is 0. The van der Waals surface area contributed by atoms with E-state index in [9.17, 15) is 57.8 Å². The number of imide groups is 1. The fourth-order valence-electron chi connectivity index (χ4n) is 9.91.